The summed E-state index contributed by atoms with van der Waals surface area (Å²) in [5, 5.41) is 35.7. The quantitative estimate of drug-likeness (QED) is 0.483. The van der Waals surface area contributed by atoms with Crippen LogP contribution in [0, 0.1) is 0 Å². The van der Waals surface area contributed by atoms with Gasteiger partial charge in [-0.25, -0.2) is 0 Å². The van der Waals surface area contributed by atoms with Crippen molar-refractivity contribution in [3.05, 3.63) is 0 Å². The van der Waals surface area contributed by atoms with Gasteiger partial charge in [-0.1, -0.05) is 0 Å². The van der Waals surface area contributed by atoms with Gasteiger partial charge in [-0.3, -0.25) is 0 Å². The summed E-state index contributed by atoms with van der Waals surface area (Å²) in [6.07, 6.45) is -4.88. The standard InChI is InChI=1S/C4H6O6.Li.Tl/c5-1(3(7)8)2(6)4(9)10;;/h1-2,5-6H,(H,7,8)(H,9,10);;/q;2*+1/p-2. The number of hydrogen-bond acceptors (Lipinski definition) is 6. The topological polar surface area (TPSA) is 121 Å². The zero-order valence-electron chi connectivity index (χ0n) is 6.26. The molecule has 0 bridgehead atoms. The van der Waals surface area contributed by atoms with Crippen molar-refractivity contribution in [3.8, 4) is 0 Å². The molecule has 0 aromatic heterocycles. The maximum absolute atomic E-state index is 9.63. The molecule has 60 valence electrons. The van der Waals surface area contributed by atoms with E-state index in [1.807, 2.05) is 0 Å². The zero-order valence-corrected chi connectivity index (χ0v) is 10.7. The van der Waals surface area contributed by atoms with Crippen molar-refractivity contribution in [3.63, 3.8) is 0 Å². The van der Waals surface area contributed by atoms with Crippen LogP contribution in [0.3, 0.4) is 0 Å². The number of aliphatic hydroxyl groups is 2. The van der Waals surface area contributed by atoms with Crippen molar-refractivity contribution in [2.24, 2.45) is 0 Å². The summed E-state index contributed by atoms with van der Waals surface area (Å²) in [4.78, 5) is 19.3. The second-order valence-electron chi connectivity index (χ2n) is 1.53. The molecule has 0 radical (unpaired) electrons. The van der Waals surface area contributed by atoms with Gasteiger partial charge < -0.3 is 30.0 Å². The van der Waals surface area contributed by atoms with E-state index in [4.69, 9.17) is 10.2 Å². The fourth-order valence-corrected chi connectivity index (χ4v) is 0.258. The Labute approximate surface area is 99.9 Å². The molecule has 0 aliphatic carbocycles. The Balaban J connectivity index is -0.000000405. The molecule has 2 atom stereocenters. The average Bonchev–Trinajstić information content (AvgIpc) is 1.84. The first-order valence-electron chi connectivity index (χ1n) is 2.24. The van der Waals surface area contributed by atoms with Crippen molar-refractivity contribution >= 4 is 39.2 Å². The molecule has 0 spiro atoms. The van der Waals surface area contributed by atoms with Crippen molar-refractivity contribution < 1.29 is 48.9 Å². The van der Waals surface area contributed by atoms with E-state index in [-0.39, 0.29) is 46.2 Å². The number of aliphatic hydroxyl groups excluding tert-OH is 2. The Kier molecular flexibility index (Phi) is 12.1. The molecule has 0 saturated heterocycles. The molecule has 0 aliphatic heterocycles. The van der Waals surface area contributed by atoms with Gasteiger partial charge in [-0.05, 0) is 0 Å². The van der Waals surface area contributed by atoms with E-state index in [0.29, 0.717) is 0 Å². The van der Waals surface area contributed by atoms with Crippen molar-refractivity contribution in [2.75, 3.05) is 0 Å². The summed E-state index contributed by atoms with van der Waals surface area (Å²) in [6, 6.07) is 0. The molecule has 0 rings (SSSR count). The normalized spacial score (nSPS) is 13.2. The van der Waals surface area contributed by atoms with E-state index in [2.05, 4.69) is 0 Å². The van der Waals surface area contributed by atoms with Crippen molar-refractivity contribution in [2.45, 2.75) is 12.2 Å². The maximum Gasteiger partial charge on any atom is 1.00 e. The van der Waals surface area contributed by atoms with Gasteiger partial charge >= 0.3 is 46.2 Å². The molecule has 0 fully saturated rings. The van der Waals surface area contributed by atoms with Crippen LogP contribution in [0.5, 0.6) is 0 Å². The van der Waals surface area contributed by atoms with Gasteiger partial charge in [0.2, 0.25) is 0 Å². The molecule has 0 saturated carbocycles. The summed E-state index contributed by atoms with van der Waals surface area (Å²) in [5.41, 5.74) is 0. The smallest absolute Gasteiger partial charge is 0.547 e. The third kappa shape index (κ3) is 5.96. The van der Waals surface area contributed by atoms with Crippen molar-refractivity contribution in [1.82, 2.24) is 0 Å². The van der Waals surface area contributed by atoms with Crippen LogP contribution in [-0.4, -0.2) is 61.7 Å². The Morgan fingerprint density at radius 1 is 1.00 bits per heavy atom. The van der Waals surface area contributed by atoms with E-state index < -0.39 is 24.1 Å². The fraction of sp³-hybridized carbons (Fsp3) is 0.500. The number of carbonyl (C=O) groups is 2. The van der Waals surface area contributed by atoms with Crippen LogP contribution in [0.2, 0.25) is 0 Å². The van der Waals surface area contributed by atoms with E-state index >= 15 is 0 Å². The largest absolute Gasteiger partial charge is 1.00 e. The summed E-state index contributed by atoms with van der Waals surface area (Å²) in [6.45, 7) is 0. The molecule has 2 N–H and O–H groups in total. The third-order valence-electron chi connectivity index (χ3n) is 0.782. The first-order chi connectivity index (χ1) is 4.46. The van der Waals surface area contributed by atoms with Crippen LogP contribution in [0.1, 0.15) is 0 Å². The van der Waals surface area contributed by atoms with Crippen LogP contribution < -0.4 is 29.1 Å². The van der Waals surface area contributed by atoms with Gasteiger partial charge in [0.05, 0.1) is 11.9 Å². The molecular formula is C4H4LiO6Tl. The Hall–Kier alpha value is 0.379. The molecule has 12 heavy (non-hydrogen) atoms. The predicted molar refractivity (Wildman–Crippen MR) is 27.8 cm³/mol. The second kappa shape index (κ2) is 8.00. The number of carbonyl (C=O) groups excluding carboxylic acids is 2. The van der Waals surface area contributed by atoms with Crippen LogP contribution in [0.4, 0.5) is 0 Å². The Morgan fingerprint density at radius 2 is 1.17 bits per heavy atom. The van der Waals surface area contributed by atoms with Gasteiger partial charge in [0.15, 0.2) is 0 Å². The molecule has 0 amide bonds. The second-order valence-corrected chi connectivity index (χ2v) is 1.53. The first-order valence-corrected chi connectivity index (χ1v) is 2.24. The summed E-state index contributed by atoms with van der Waals surface area (Å²) < 4.78 is 0. The minimum atomic E-state index is -2.44. The van der Waals surface area contributed by atoms with Gasteiger partial charge in [-0.15, -0.1) is 0 Å². The number of carboxylic acid groups (broad SMARTS) is 2. The minimum absolute atomic E-state index is 0. The Bertz CT molecular complexity index is 144. The first kappa shape index (κ1) is 18.2. The maximum atomic E-state index is 9.63. The molecule has 0 heterocycles. The molecule has 0 aliphatic rings. The number of carboxylic acids is 2. The molecule has 0 aromatic rings. The monoisotopic (exact) mass is 360 g/mol. The van der Waals surface area contributed by atoms with Gasteiger partial charge in [0, 0.05) is 0 Å². The summed E-state index contributed by atoms with van der Waals surface area (Å²) in [5.74, 6) is -4.12. The molecule has 0 aromatic carbocycles. The van der Waals surface area contributed by atoms with Gasteiger partial charge in [-0.2, -0.15) is 0 Å². The number of rotatable bonds is 3. The molecule has 8 heteroatoms. The molecule has 6 nitrogen and oxygen atoms in total. The van der Waals surface area contributed by atoms with Crippen LogP contribution >= 0.6 is 0 Å². The average molecular weight is 359 g/mol. The van der Waals surface area contributed by atoms with E-state index in [9.17, 15) is 19.8 Å². The SMILES string of the molecule is O=C([O-])C(O)C(O)C(=O)[O-].[Li+].[Tl+]. The van der Waals surface area contributed by atoms with E-state index in [1.165, 1.54) is 0 Å². The summed E-state index contributed by atoms with van der Waals surface area (Å²) >= 11 is 0. The van der Waals surface area contributed by atoms with Crippen LogP contribution in [0.25, 0.3) is 0 Å². The van der Waals surface area contributed by atoms with E-state index in [1.54, 1.807) is 0 Å². The van der Waals surface area contributed by atoms with Crippen LogP contribution in [-0.2, 0) is 9.59 Å². The van der Waals surface area contributed by atoms with Gasteiger partial charge in [0.1, 0.15) is 12.2 Å². The zero-order chi connectivity index (χ0) is 8.31. The summed E-state index contributed by atoms with van der Waals surface area (Å²) in [7, 11) is 0. The number of hydrogen-bond donors (Lipinski definition) is 2. The molecule has 2 unspecified atom stereocenters. The van der Waals surface area contributed by atoms with Crippen molar-refractivity contribution in [1.29, 1.82) is 0 Å². The minimum Gasteiger partial charge on any atom is -0.547 e. The molecular weight excluding hydrogens is 355 g/mol. The number of aliphatic carboxylic acids is 2. The fourth-order valence-electron chi connectivity index (χ4n) is 0.258. The van der Waals surface area contributed by atoms with Gasteiger partial charge in [0.25, 0.3) is 0 Å². The van der Waals surface area contributed by atoms with Crippen LogP contribution in [0.15, 0.2) is 0 Å². The third-order valence-corrected chi connectivity index (χ3v) is 0.782. The van der Waals surface area contributed by atoms with E-state index in [0.717, 1.165) is 0 Å². The Morgan fingerprint density at radius 3 is 1.25 bits per heavy atom. The predicted octanol–water partition coefficient (Wildman–Crippen LogP) is -8.17.